The van der Waals surface area contributed by atoms with Gasteiger partial charge in [-0.05, 0) is 30.0 Å². The summed E-state index contributed by atoms with van der Waals surface area (Å²) in [6, 6.07) is 19.1. The number of ether oxygens (including phenoxy) is 1. The van der Waals surface area contributed by atoms with Crippen molar-refractivity contribution in [1.29, 1.82) is 0 Å². The van der Waals surface area contributed by atoms with Crippen LogP contribution in [0.15, 0.2) is 54.6 Å². The van der Waals surface area contributed by atoms with Crippen LogP contribution in [0.2, 0.25) is 0 Å². The van der Waals surface area contributed by atoms with Crippen molar-refractivity contribution >= 4 is 5.69 Å². The lowest BCUT2D eigenvalue weighted by Crippen LogP contribution is -2.30. The molecule has 0 aliphatic carbocycles. The second-order valence-corrected chi connectivity index (χ2v) is 5.32. The highest BCUT2D eigenvalue weighted by molar-refractivity contribution is 5.53. The molecule has 0 fully saturated rings. The van der Waals surface area contributed by atoms with E-state index in [-0.39, 0.29) is 0 Å². The topological polar surface area (TPSA) is 21.3 Å². The minimum atomic E-state index is 0.306. The van der Waals surface area contributed by atoms with Gasteiger partial charge in [0.1, 0.15) is 0 Å². The maximum absolute atomic E-state index is 6.00. The fourth-order valence-electron chi connectivity index (χ4n) is 2.70. The predicted molar refractivity (Wildman–Crippen MR) is 83.1 cm³/mol. The fourth-order valence-corrected chi connectivity index (χ4v) is 2.70. The Balaban J connectivity index is 1.42. The summed E-state index contributed by atoms with van der Waals surface area (Å²) in [6.07, 6.45) is 3.51. The van der Waals surface area contributed by atoms with Crippen LogP contribution in [0.5, 0.6) is 0 Å². The number of hydrogen-bond acceptors (Lipinski definition) is 2. The van der Waals surface area contributed by atoms with Crippen LogP contribution >= 0.6 is 0 Å². The molecule has 0 saturated carbocycles. The molecule has 0 amide bonds. The summed E-state index contributed by atoms with van der Waals surface area (Å²) < 4.78 is 6.00. The zero-order valence-corrected chi connectivity index (χ0v) is 11.7. The lowest BCUT2D eigenvalue weighted by molar-refractivity contribution is 0.0588. The Labute approximate surface area is 120 Å². The third kappa shape index (κ3) is 3.40. The monoisotopic (exact) mass is 267 g/mol. The van der Waals surface area contributed by atoms with Gasteiger partial charge in [-0.1, -0.05) is 48.5 Å². The summed E-state index contributed by atoms with van der Waals surface area (Å²) >= 11 is 0. The number of anilines is 1. The van der Waals surface area contributed by atoms with E-state index in [1.165, 1.54) is 16.8 Å². The molecule has 104 valence electrons. The predicted octanol–water partition coefficient (Wildman–Crippen LogP) is 3.67. The van der Waals surface area contributed by atoms with Crippen LogP contribution in [0.3, 0.4) is 0 Å². The van der Waals surface area contributed by atoms with Crippen molar-refractivity contribution in [3.63, 3.8) is 0 Å². The molecule has 1 heterocycles. The molecule has 1 unspecified atom stereocenters. The summed E-state index contributed by atoms with van der Waals surface area (Å²) in [6.45, 7) is 1.76. The van der Waals surface area contributed by atoms with Gasteiger partial charge < -0.3 is 10.1 Å². The molecule has 1 atom stereocenters. The number of aryl methyl sites for hydroxylation is 1. The number of fused-ring (bicyclic) bond motifs is 1. The van der Waals surface area contributed by atoms with Gasteiger partial charge in [-0.25, -0.2) is 0 Å². The van der Waals surface area contributed by atoms with Gasteiger partial charge in [0, 0.05) is 25.3 Å². The third-order valence-electron chi connectivity index (χ3n) is 3.79. The van der Waals surface area contributed by atoms with Crippen LogP contribution in [-0.4, -0.2) is 19.3 Å². The quantitative estimate of drug-likeness (QED) is 0.835. The van der Waals surface area contributed by atoms with Gasteiger partial charge in [0.2, 0.25) is 0 Å². The first-order chi connectivity index (χ1) is 9.92. The minimum Gasteiger partial charge on any atom is -0.382 e. The molecular formula is C18H21NO. The van der Waals surface area contributed by atoms with E-state index in [0.717, 1.165) is 32.4 Å². The maximum atomic E-state index is 6.00. The largest absolute Gasteiger partial charge is 0.382 e. The molecule has 2 aromatic rings. The summed E-state index contributed by atoms with van der Waals surface area (Å²) in [5.74, 6) is 0. The number of hydrogen-bond donors (Lipinski definition) is 1. The summed E-state index contributed by atoms with van der Waals surface area (Å²) in [5, 5.41) is 3.45. The van der Waals surface area contributed by atoms with Gasteiger partial charge in [-0.2, -0.15) is 0 Å². The van der Waals surface area contributed by atoms with E-state index in [9.17, 15) is 0 Å². The summed E-state index contributed by atoms with van der Waals surface area (Å²) in [5.41, 5.74) is 4.02. The van der Waals surface area contributed by atoms with Crippen molar-refractivity contribution in [2.45, 2.75) is 25.4 Å². The van der Waals surface area contributed by atoms with Crippen molar-refractivity contribution in [1.82, 2.24) is 0 Å². The molecule has 2 nitrogen and oxygen atoms in total. The van der Waals surface area contributed by atoms with Crippen molar-refractivity contribution in [2.75, 3.05) is 18.5 Å². The molecule has 1 N–H and O–H groups in total. The van der Waals surface area contributed by atoms with Gasteiger partial charge in [0.15, 0.2) is 0 Å². The Kier molecular flexibility index (Phi) is 4.34. The van der Waals surface area contributed by atoms with Gasteiger partial charge >= 0.3 is 0 Å². The normalized spacial score (nSPS) is 17.3. The first-order valence-corrected chi connectivity index (χ1v) is 7.39. The van der Waals surface area contributed by atoms with Gasteiger partial charge in [-0.15, -0.1) is 0 Å². The smallest absolute Gasteiger partial charge is 0.0788 e. The molecule has 2 aromatic carbocycles. The second-order valence-electron chi connectivity index (χ2n) is 5.32. The lowest BCUT2D eigenvalue weighted by Gasteiger charge is -2.26. The molecule has 0 radical (unpaired) electrons. The molecular weight excluding hydrogens is 246 g/mol. The molecule has 0 spiro atoms. The summed E-state index contributed by atoms with van der Waals surface area (Å²) in [4.78, 5) is 0. The van der Waals surface area contributed by atoms with Crippen molar-refractivity contribution in [2.24, 2.45) is 0 Å². The molecule has 1 aliphatic rings. The molecule has 20 heavy (non-hydrogen) atoms. The highest BCUT2D eigenvalue weighted by atomic mass is 16.5. The second kappa shape index (κ2) is 6.58. The Morgan fingerprint density at radius 2 is 1.80 bits per heavy atom. The van der Waals surface area contributed by atoms with E-state index >= 15 is 0 Å². The first-order valence-electron chi connectivity index (χ1n) is 7.39. The SMILES string of the molecule is c1ccc(CCCOC2CNc3ccccc3C2)cc1. The highest BCUT2D eigenvalue weighted by Gasteiger charge is 2.17. The van der Waals surface area contributed by atoms with E-state index in [2.05, 4.69) is 59.9 Å². The maximum Gasteiger partial charge on any atom is 0.0788 e. The number of rotatable bonds is 5. The van der Waals surface area contributed by atoms with E-state index in [4.69, 9.17) is 4.74 Å². The standard InChI is InChI=1S/C18H21NO/c1-2-7-15(8-3-1)9-6-12-20-17-13-16-10-4-5-11-18(16)19-14-17/h1-5,7-8,10-11,17,19H,6,9,12-14H2. The third-order valence-corrected chi connectivity index (χ3v) is 3.79. The minimum absolute atomic E-state index is 0.306. The lowest BCUT2D eigenvalue weighted by atomic mass is 10.0. The van der Waals surface area contributed by atoms with Crippen LogP contribution in [0.1, 0.15) is 17.5 Å². The van der Waals surface area contributed by atoms with Crippen molar-refractivity contribution < 1.29 is 4.74 Å². The van der Waals surface area contributed by atoms with Crippen LogP contribution < -0.4 is 5.32 Å². The number of para-hydroxylation sites is 1. The number of nitrogens with one attached hydrogen (secondary N) is 1. The van der Waals surface area contributed by atoms with Crippen molar-refractivity contribution in [3.05, 3.63) is 65.7 Å². The fraction of sp³-hybridized carbons (Fsp3) is 0.333. The zero-order chi connectivity index (χ0) is 13.6. The molecule has 0 aromatic heterocycles. The Morgan fingerprint density at radius 1 is 1.00 bits per heavy atom. The Morgan fingerprint density at radius 3 is 2.70 bits per heavy atom. The highest BCUT2D eigenvalue weighted by Crippen LogP contribution is 2.22. The Bertz CT molecular complexity index is 538. The van der Waals surface area contributed by atoms with E-state index in [0.29, 0.717) is 6.10 Å². The molecule has 2 heteroatoms. The molecule has 0 saturated heterocycles. The van der Waals surface area contributed by atoms with Crippen LogP contribution in [0.4, 0.5) is 5.69 Å². The Hall–Kier alpha value is -1.80. The molecule has 3 rings (SSSR count). The van der Waals surface area contributed by atoms with E-state index in [1.54, 1.807) is 0 Å². The van der Waals surface area contributed by atoms with Gasteiger partial charge in [-0.3, -0.25) is 0 Å². The number of benzene rings is 2. The van der Waals surface area contributed by atoms with E-state index < -0.39 is 0 Å². The van der Waals surface area contributed by atoms with Crippen LogP contribution in [-0.2, 0) is 17.6 Å². The molecule has 1 aliphatic heterocycles. The average molecular weight is 267 g/mol. The van der Waals surface area contributed by atoms with Crippen LogP contribution in [0.25, 0.3) is 0 Å². The zero-order valence-electron chi connectivity index (χ0n) is 11.7. The van der Waals surface area contributed by atoms with Crippen molar-refractivity contribution in [3.8, 4) is 0 Å². The average Bonchev–Trinajstić information content (AvgIpc) is 2.52. The van der Waals surface area contributed by atoms with Gasteiger partial charge in [0.25, 0.3) is 0 Å². The van der Waals surface area contributed by atoms with Gasteiger partial charge in [0.05, 0.1) is 6.10 Å². The molecule has 0 bridgehead atoms. The first kappa shape index (κ1) is 13.2. The van der Waals surface area contributed by atoms with Crippen LogP contribution in [0, 0.1) is 0 Å². The summed E-state index contributed by atoms with van der Waals surface area (Å²) in [7, 11) is 0. The van der Waals surface area contributed by atoms with E-state index in [1.807, 2.05) is 0 Å².